The molecule has 1 heterocycles. The maximum Gasteiger partial charge on any atom is 0.375 e. The molecule has 0 spiro atoms. The molecule has 0 saturated heterocycles. The van der Waals surface area contributed by atoms with E-state index in [2.05, 4.69) is 5.32 Å². The van der Waals surface area contributed by atoms with Gasteiger partial charge in [0.25, 0.3) is 5.56 Å². The quantitative estimate of drug-likeness (QED) is 0.441. The molecule has 0 aliphatic carbocycles. The highest BCUT2D eigenvalue weighted by Gasteiger charge is 2.52. The van der Waals surface area contributed by atoms with E-state index >= 15 is 0 Å². The molecular weight excluding hydrogens is 352 g/mol. The molecule has 0 unspecified atom stereocenters. The first-order valence-electron chi connectivity index (χ1n) is 7.66. The van der Waals surface area contributed by atoms with Crippen molar-refractivity contribution in [3.05, 3.63) is 21.7 Å². The number of carbonyl (C=O) groups is 4. The number of carboxylic acids is 1. The number of aromatic carboxylic acids is 1. The van der Waals surface area contributed by atoms with Gasteiger partial charge in [-0.3, -0.25) is 9.59 Å². The number of nitrogens with zero attached hydrogens (tertiary/aromatic N) is 1. The molecule has 0 aliphatic rings. The Morgan fingerprint density at radius 3 is 2.04 bits per heavy atom. The van der Waals surface area contributed by atoms with E-state index in [1.54, 1.807) is 0 Å². The third kappa shape index (κ3) is 4.10. The lowest BCUT2D eigenvalue weighted by molar-refractivity contribution is -0.168. The number of carboxylic acid groups (broad SMARTS) is 1. The number of amides is 1. The van der Waals surface area contributed by atoms with Crippen molar-refractivity contribution in [1.82, 2.24) is 10.1 Å². The fraction of sp³-hybridized carbons (Fsp3) is 0.533. The lowest BCUT2D eigenvalue weighted by Crippen LogP contribution is -2.63. The van der Waals surface area contributed by atoms with E-state index in [-0.39, 0.29) is 13.2 Å². The summed E-state index contributed by atoms with van der Waals surface area (Å²) in [5, 5.41) is 11.3. The summed E-state index contributed by atoms with van der Waals surface area (Å²) in [5.74, 6) is -5.51. The molecule has 11 nitrogen and oxygen atoms in total. The smallest absolute Gasteiger partial charge is 0.375 e. The van der Waals surface area contributed by atoms with Crippen LogP contribution in [0.25, 0.3) is 0 Å². The molecule has 0 saturated carbocycles. The minimum Gasteiger partial charge on any atom is -0.475 e. The number of hydrogen-bond acceptors (Lipinski definition) is 8. The van der Waals surface area contributed by atoms with E-state index in [0.717, 1.165) is 14.0 Å². The highest BCUT2D eigenvalue weighted by molar-refractivity contribution is 6.08. The summed E-state index contributed by atoms with van der Waals surface area (Å²) in [6.45, 7) is 3.73. The van der Waals surface area contributed by atoms with E-state index in [4.69, 9.17) is 14.0 Å². The van der Waals surface area contributed by atoms with Crippen LogP contribution in [-0.2, 0) is 37.3 Å². The number of aryl methyl sites for hydroxylation is 1. The van der Waals surface area contributed by atoms with Crippen LogP contribution in [-0.4, -0.2) is 52.4 Å². The summed E-state index contributed by atoms with van der Waals surface area (Å²) in [6, 6.07) is 0. The Balaban J connectivity index is 3.61. The zero-order valence-corrected chi connectivity index (χ0v) is 14.8. The van der Waals surface area contributed by atoms with Gasteiger partial charge in [-0.05, 0) is 13.8 Å². The van der Waals surface area contributed by atoms with Gasteiger partial charge in [0.1, 0.15) is 0 Å². The Bertz CT molecular complexity index is 757. The van der Waals surface area contributed by atoms with Crippen molar-refractivity contribution < 1.29 is 38.3 Å². The third-order valence-electron chi connectivity index (χ3n) is 3.32. The Kier molecular flexibility index (Phi) is 6.70. The molecule has 0 aliphatic heterocycles. The van der Waals surface area contributed by atoms with Crippen LogP contribution < -0.4 is 10.9 Å². The molecule has 0 fully saturated rings. The van der Waals surface area contributed by atoms with Crippen molar-refractivity contribution >= 4 is 23.8 Å². The largest absolute Gasteiger partial charge is 0.475 e. The molecule has 26 heavy (non-hydrogen) atoms. The first-order valence-corrected chi connectivity index (χ1v) is 7.66. The molecule has 1 aromatic rings. The minimum absolute atomic E-state index is 0.130. The molecule has 1 amide bonds. The maximum atomic E-state index is 12.5. The Morgan fingerprint density at radius 2 is 1.65 bits per heavy atom. The number of hydrogen-bond donors (Lipinski definition) is 2. The second-order valence-corrected chi connectivity index (χ2v) is 5.21. The standard InChI is InChI=1S/C15H20N2O9/c1-5-24-13(22)15(16-8(3)18,14(23)25-6-2)7-9-10(12(20)21)26-17(4)11(9)19/h5-7H2,1-4H3,(H,16,18)(H,20,21). The molecule has 1 rings (SSSR count). The highest BCUT2D eigenvalue weighted by Crippen LogP contribution is 2.20. The molecule has 1 aromatic heterocycles. The molecule has 0 atom stereocenters. The van der Waals surface area contributed by atoms with Crippen LogP contribution in [0.15, 0.2) is 9.32 Å². The van der Waals surface area contributed by atoms with Crippen molar-refractivity contribution in [3.63, 3.8) is 0 Å². The van der Waals surface area contributed by atoms with Crippen molar-refractivity contribution in [2.45, 2.75) is 32.7 Å². The van der Waals surface area contributed by atoms with Gasteiger partial charge in [-0.1, -0.05) is 0 Å². The van der Waals surface area contributed by atoms with Gasteiger partial charge in [0.15, 0.2) is 0 Å². The topological polar surface area (TPSA) is 154 Å². The Morgan fingerprint density at radius 1 is 1.15 bits per heavy atom. The summed E-state index contributed by atoms with van der Waals surface area (Å²) in [4.78, 5) is 60.1. The monoisotopic (exact) mass is 372 g/mol. The van der Waals surface area contributed by atoms with Crippen LogP contribution in [0.2, 0.25) is 0 Å². The summed E-state index contributed by atoms with van der Waals surface area (Å²) in [6.07, 6.45) is -0.810. The van der Waals surface area contributed by atoms with Gasteiger partial charge in [-0.2, -0.15) is 4.74 Å². The van der Waals surface area contributed by atoms with Gasteiger partial charge in [-0.25, -0.2) is 14.4 Å². The number of esters is 2. The van der Waals surface area contributed by atoms with Gasteiger partial charge in [-0.15, -0.1) is 0 Å². The lowest BCUT2D eigenvalue weighted by Gasteiger charge is -2.29. The summed E-state index contributed by atoms with van der Waals surface area (Å²) < 4.78 is 15.2. The number of carbonyl (C=O) groups excluding carboxylic acids is 3. The van der Waals surface area contributed by atoms with Crippen molar-refractivity contribution in [3.8, 4) is 0 Å². The fourth-order valence-corrected chi connectivity index (χ4v) is 2.29. The van der Waals surface area contributed by atoms with Crippen LogP contribution in [0.3, 0.4) is 0 Å². The normalized spacial score (nSPS) is 10.9. The van der Waals surface area contributed by atoms with E-state index in [1.807, 2.05) is 0 Å². The fourth-order valence-electron chi connectivity index (χ4n) is 2.29. The SMILES string of the molecule is CCOC(=O)C(Cc1c(C(=O)O)on(C)c1=O)(NC(C)=O)C(=O)OCC. The zero-order chi connectivity index (χ0) is 20.1. The summed E-state index contributed by atoms with van der Waals surface area (Å²) in [5.41, 5.74) is -3.81. The van der Waals surface area contributed by atoms with Gasteiger partial charge < -0.3 is 24.4 Å². The molecule has 11 heteroatoms. The first kappa shape index (κ1) is 20.9. The zero-order valence-electron chi connectivity index (χ0n) is 14.8. The lowest BCUT2D eigenvalue weighted by atomic mass is 9.90. The second kappa shape index (κ2) is 8.32. The van der Waals surface area contributed by atoms with E-state index in [9.17, 15) is 29.1 Å². The average molecular weight is 372 g/mol. The van der Waals surface area contributed by atoms with E-state index in [0.29, 0.717) is 4.74 Å². The Labute approximate surface area is 147 Å². The molecular formula is C15H20N2O9. The second-order valence-electron chi connectivity index (χ2n) is 5.21. The first-order chi connectivity index (χ1) is 12.1. The van der Waals surface area contributed by atoms with Gasteiger partial charge in [0.2, 0.25) is 17.2 Å². The van der Waals surface area contributed by atoms with Crippen molar-refractivity contribution in [2.24, 2.45) is 7.05 Å². The predicted molar refractivity (Wildman–Crippen MR) is 84.4 cm³/mol. The molecule has 2 N–H and O–H groups in total. The van der Waals surface area contributed by atoms with Crippen molar-refractivity contribution in [1.29, 1.82) is 0 Å². The molecule has 144 valence electrons. The van der Waals surface area contributed by atoms with Gasteiger partial charge >= 0.3 is 17.9 Å². The van der Waals surface area contributed by atoms with Crippen LogP contribution in [0.4, 0.5) is 0 Å². The molecule has 0 aromatic carbocycles. The predicted octanol–water partition coefficient (Wildman–Crippen LogP) is -0.780. The number of nitrogens with one attached hydrogen (secondary N) is 1. The number of aromatic nitrogens is 1. The Hall–Kier alpha value is -3.11. The summed E-state index contributed by atoms with van der Waals surface area (Å²) in [7, 11) is 1.16. The van der Waals surface area contributed by atoms with E-state index in [1.165, 1.54) is 13.8 Å². The van der Waals surface area contributed by atoms with Gasteiger partial charge in [0.05, 0.1) is 18.8 Å². The molecule has 0 bridgehead atoms. The summed E-state index contributed by atoms with van der Waals surface area (Å²) >= 11 is 0. The average Bonchev–Trinajstić information content (AvgIpc) is 2.82. The van der Waals surface area contributed by atoms with Crippen LogP contribution >= 0.6 is 0 Å². The minimum atomic E-state index is -2.43. The van der Waals surface area contributed by atoms with Crippen LogP contribution in [0.1, 0.15) is 36.9 Å². The third-order valence-corrected chi connectivity index (χ3v) is 3.32. The highest BCUT2D eigenvalue weighted by atomic mass is 16.6. The van der Waals surface area contributed by atoms with Gasteiger partial charge in [0, 0.05) is 20.4 Å². The van der Waals surface area contributed by atoms with Crippen LogP contribution in [0.5, 0.6) is 0 Å². The number of ether oxygens (including phenoxy) is 2. The van der Waals surface area contributed by atoms with Crippen molar-refractivity contribution in [2.75, 3.05) is 13.2 Å². The maximum absolute atomic E-state index is 12.5. The van der Waals surface area contributed by atoms with Crippen LogP contribution in [0, 0.1) is 0 Å². The molecule has 0 radical (unpaired) electrons. The number of rotatable bonds is 8. The van der Waals surface area contributed by atoms with E-state index < -0.39 is 52.7 Å².